The van der Waals surface area contributed by atoms with E-state index >= 15 is 0 Å². The van der Waals surface area contributed by atoms with Gasteiger partial charge in [0.2, 0.25) is 0 Å². The standard InChI is InChI=1S/C11H18N2S2/c1-12-5-2-3-10-8-15-11(13-10)9-4-6-14-7-9/h8-9,12H,2-7H2,1H3. The number of aromatic nitrogens is 1. The number of rotatable bonds is 5. The smallest absolute Gasteiger partial charge is 0.0967 e. The lowest BCUT2D eigenvalue weighted by atomic mass is 10.1. The molecule has 1 fully saturated rings. The second kappa shape index (κ2) is 5.87. The summed E-state index contributed by atoms with van der Waals surface area (Å²) in [6.07, 6.45) is 3.64. The quantitative estimate of drug-likeness (QED) is 0.803. The minimum absolute atomic E-state index is 0.748. The van der Waals surface area contributed by atoms with E-state index in [0.29, 0.717) is 0 Å². The van der Waals surface area contributed by atoms with Gasteiger partial charge in [0.25, 0.3) is 0 Å². The molecule has 0 radical (unpaired) electrons. The van der Waals surface area contributed by atoms with Crippen molar-refractivity contribution < 1.29 is 0 Å². The summed E-state index contributed by atoms with van der Waals surface area (Å²) < 4.78 is 0. The Balaban J connectivity index is 1.86. The van der Waals surface area contributed by atoms with E-state index in [1.165, 1.54) is 35.0 Å². The number of nitrogens with one attached hydrogen (secondary N) is 1. The van der Waals surface area contributed by atoms with E-state index in [1.54, 1.807) is 0 Å². The summed E-state index contributed by atoms with van der Waals surface area (Å²) in [5.41, 5.74) is 1.29. The summed E-state index contributed by atoms with van der Waals surface area (Å²) >= 11 is 3.92. The predicted octanol–water partition coefficient (Wildman–Crippen LogP) is 2.52. The van der Waals surface area contributed by atoms with Gasteiger partial charge in [0.1, 0.15) is 0 Å². The van der Waals surface area contributed by atoms with Gasteiger partial charge in [-0.2, -0.15) is 11.8 Å². The van der Waals surface area contributed by atoms with Crippen LogP contribution in [-0.4, -0.2) is 30.1 Å². The zero-order valence-corrected chi connectivity index (χ0v) is 10.8. The van der Waals surface area contributed by atoms with E-state index in [2.05, 4.69) is 22.5 Å². The zero-order chi connectivity index (χ0) is 10.5. The molecule has 1 aliphatic heterocycles. The topological polar surface area (TPSA) is 24.9 Å². The molecule has 15 heavy (non-hydrogen) atoms. The fourth-order valence-electron chi connectivity index (χ4n) is 1.80. The van der Waals surface area contributed by atoms with E-state index in [-0.39, 0.29) is 0 Å². The van der Waals surface area contributed by atoms with Crippen LogP contribution in [0.2, 0.25) is 0 Å². The molecule has 4 heteroatoms. The maximum absolute atomic E-state index is 4.74. The van der Waals surface area contributed by atoms with Gasteiger partial charge in [0.15, 0.2) is 0 Å². The molecule has 1 aromatic rings. The third-order valence-electron chi connectivity index (χ3n) is 2.71. The summed E-state index contributed by atoms with van der Waals surface area (Å²) in [7, 11) is 2.00. The van der Waals surface area contributed by atoms with Crippen molar-refractivity contribution in [2.45, 2.75) is 25.2 Å². The fourth-order valence-corrected chi connectivity index (χ4v) is 4.12. The lowest BCUT2D eigenvalue weighted by Gasteiger charge is -2.01. The van der Waals surface area contributed by atoms with E-state index in [1.807, 2.05) is 18.4 Å². The van der Waals surface area contributed by atoms with Crippen molar-refractivity contribution in [2.24, 2.45) is 0 Å². The van der Waals surface area contributed by atoms with Crippen LogP contribution in [0.5, 0.6) is 0 Å². The first kappa shape index (κ1) is 11.4. The fraction of sp³-hybridized carbons (Fsp3) is 0.727. The summed E-state index contributed by atoms with van der Waals surface area (Å²) in [6.45, 7) is 1.09. The largest absolute Gasteiger partial charge is 0.320 e. The molecule has 2 heterocycles. The number of aryl methyl sites for hydroxylation is 1. The SMILES string of the molecule is CNCCCc1csc(C2CCSC2)n1. The highest BCUT2D eigenvalue weighted by Gasteiger charge is 2.20. The van der Waals surface area contributed by atoms with Crippen LogP contribution in [0, 0.1) is 0 Å². The van der Waals surface area contributed by atoms with Crippen LogP contribution in [0.3, 0.4) is 0 Å². The summed E-state index contributed by atoms with van der Waals surface area (Å²) in [4.78, 5) is 4.74. The highest BCUT2D eigenvalue weighted by atomic mass is 32.2. The van der Waals surface area contributed by atoms with Crippen LogP contribution in [0.15, 0.2) is 5.38 Å². The van der Waals surface area contributed by atoms with Crippen LogP contribution >= 0.6 is 23.1 Å². The molecule has 0 amide bonds. The van der Waals surface area contributed by atoms with Crippen molar-refractivity contribution in [3.05, 3.63) is 16.1 Å². The minimum Gasteiger partial charge on any atom is -0.320 e. The van der Waals surface area contributed by atoms with E-state index in [9.17, 15) is 0 Å². The van der Waals surface area contributed by atoms with E-state index < -0.39 is 0 Å². The summed E-state index contributed by atoms with van der Waals surface area (Å²) in [5.74, 6) is 3.35. The molecule has 2 nitrogen and oxygen atoms in total. The molecule has 1 aromatic heterocycles. The van der Waals surface area contributed by atoms with Gasteiger partial charge in [-0.05, 0) is 38.6 Å². The van der Waals surface area contributed by atoms with Crippen LogP contribution in [0.4, 0.5) is 0 Å². The first-order chi connectivity index (χ1) is 7.40. The molecular weight excluding hydrogens is 224 g/mol. The molecule has 1 atom stereocenters. The molecule has 1 unspecified atom stereocenters. The molecule has 1 aliphatic rings. The first-order valence-corrected chi connectivity index (χ1v) is 7.60. The van der Waals surface area contributed by atoms with Crippen LogP contribution in [0.25, 0.3) is 0 Å². The summed E-state index contributed by atoms with van der Waals surface area (Å²) in [5, 5.41) is 6.79. The Labute approximate surface area is 99.9 Å². The molecule has 0 spiro atoms. The number of hydrogen-bond donors (Lipinski definition) is 1. The number of thiazole rings is 1. The normalized spacial score (nSPS) is 21.0. The Morgan fingerprint density at radius 2 is 2.53 bits per heavy atom. The molecule has 0 saturated carbocycles. The van der Waals surface area contributed by atoms with Crippen molar-refractivity contribution in [2.75, 3.05) is 25.1 Å². The summed E-state index contributed by atoms with van der Waals surface area (Å²) in [6, 6.07) is 0. The van der Waals surface area contributed by atoms with Gasteiger partial charge in [0.05, 0.1) is 10.7 Å². The van der Waals surface area contributed by atoms with Gasteiger partial charge in [-0.25, -0.2) is 4.98 Å². The minimum atomic E-state index is 0.748. The Morgan fingerprint density at radius 1 is 1.60 bits per heavy atom. The monoisotopic (exact) mass is 242 g/mol. The molecule has 0 aliphatic carbocycles. The maximum Gasteiger partial charge on any atom is 0.0967 e. The first-order valence-electron chi connectivity index (χ1n) is 5.57. The van der Waals surface area contributed by atoms with Crippen LogP contribution in [0.1, 0.15) is 29.5 Å². The van der Waals surface area contributed by atoms with Crippen molar-refractivity contribution in [3.8, 4) is 0 Å². The molecule has 84 valence electrons. The molecule has 1 N–H and O–H groups in total. The molecule has 2 rings (SSSR count). The third-order valence-corrected chi connectivity index (χ3v) is 4.93. The number of thioether (sulfide) groups is 1. The highest BCUT2D eigenvalue weighted by Crippen LogP contribution is 2.33. The number of nitrogens with zero attached hydrogens (tertiary/aromatic N) is 1. The van der Waals surface area contributed by atoms with Crippen molar-refractivity contribution in [1.82, 2.24) is 10.3 Å². The predicted molar refractivity (Wildman–Crippen MR) is 69.0 cm³/mol. The highest BCUT2D eigenvalue weighted by molar-refractivity contribution is 7.99. The van der Waals surface area contributed by atoms with Crippen molar-refractivity contribution in [3.63, 3.8) is 0 Å². The zero-order valence-electron chi connectivity index (χ0n) is 9.16. The average Bonchev–Trinajstić information content (AvgIpc) is 2.87. The van der Waals surface area contributed by atoms with Crippen molar-refractivity contribution >= 4 is 23.1 Å². The Kier molecular flexibility index (Phi) is 4.47. The number of hydrogen-bond acceptors (Lipinski definition) is 4. The van der Waals surface area contributed by atoms with E-state index in [0.717, 1.165) is 18.9 Å². The Bertz CT molecular complexity index is 293. The lowest BCUT2D eigenvalue weighted by Crippen LogP contribution is -2.08. The van der Waals surface area contributed by atoms with Gasteiger partial charge in [-0.1, -0.05) is 0 Å². The van der Waals surface area contributed by atoms with Gasteiger partial charge < -0.3 is 5.32 Å². The molecule has 0 bridgehead atoms. The van der Waals surface area contributed by atoms with Crippen molar-refractivity contribution in [1.29, 1.82) is 0 Å². The van der Waals surface area contributed by atoms with E-state index in [4.69, 9.17) is 4.98 Å². The van der Waals surface area contributed by atoms with Gasteiger partial charge in [-0.3, -0.25) is 0 Å². The lowest BCUT2D eigenvalue weighted by molar-refractivity contribution is 0.709. The van der Waals surface area contributed by atoms with Gasteiger partial charge >= 0.3 is 0 Å². The second-order valence-electron chi connectivity index (χ2n) is 3.94. The average molecular weight is 242 g/mol. The molecule has 0 aromatic carbocycles. The van der Waals surface area contributed by atoms with Gasteiger partial charge in [0, 0.05) is 17.1 Å². The second-order valence-corrected chi connectivity index (χ2v) is 5.98. The van der Waals surface area contributed by atoms with Crippen LogP contribution in [-0.2, 0) is 6.42 Å². The maximum atomic E-state index is 4.74. The van der Waals surface area contributed by atoms with Gasteiger partial charge in [-0.15, -0.1) is 11.3 Å². The Morgan fingerprint density at radius 3 is 3.27 bits per heavy atom. The molecule has 1 saturated heterocycles. The third kappa shape index (κ3) is 3.20. The molecular formula is C11H18N2S2. The Hall–Kier alpha value is -0.0600. The van der Waals surface area contributed by atoms with Crippen LogP contribution < -0.4 is 5.32 Å².